The van der Waals surface area contributed by atoms with Gasteiger partial charge in [-0.1, -0.05) is 18.7 Å². The first kappa shape index (κ1) is 14.2. The van der Waals surface area contributed by atoms with Crippen molar-refractivity contribution < 1.29 is 0 Å². The molecule has 0 bridgehead atoms. The standard InChI is InChI=1S/C12H24N2S2/c1-6-12(4)7-8-16-10(14-12)13-9-11(2,3)15-5/h6-9H2,1-5H3,(H,13,14). The van der Waals surface area contributed by atoms with Gasteiger partial charge in [-0.3, -0.25) is 4.99 Å². The third-order valence-electron chi connectivity index (χ3n) is 3.24. The molecule has 1 atom stereocenters. The van der Waals surface area contributed by atoms with E-state index in [0.29, 0.717) is 0 Å². The van der Waals surface area contributed by atoms with Crippen molar-refractivity contribution in [3.8, 4) is 0 Å². The number of rotatable bonds is 4. The van der Waals surface area contributed by atoms with Gasteiger partial charge in [-0.2, -0.15) is 11.8 Å². The molecule has 1 saturated heterocycles. The predicted molar refractivity (Wildman–Crippen MR) is 78.8 cm³/mol. The molecule has 0 amide bonds. The monoisotopic (exact) mass is 260 g/mol. The molecule has 16 heavy (non-hydrogen) atoms. The molecule has 0 aromatic carbocycles. The van der Waals surface area contributed by atoms with Gasteiger partial charge in [0.25, 0.3) is 0 Å². The second kappa shape index (κ2) is 5.67. The second-order valence-corrected chi connectivity index (χ2v) is 7.82. The molecule has 2 nitrogen and oxygen atoms in total. The summed E-state index contributed by atoms with van der Waals surface area (Å²) in [5, 5.41) is 4.72. The molecule has 0 saturated carbocycles. The highest BCUT2D eigenvalue weighted by molar-refractivity contribution is 8.13. The average molecular weight is 260 g/mol. The van der Waals surface area contributed by atoms with Gasteiger partial charge in [-0.05, 0) is 39.9 Å². The number of thioether (sulfide) groups is 2. The quantitative estimate of drug-likeness (QED) is 0.838. The Labute approximate surface area is 108 Å². The number of amidine groups is 1. The van der Waals surface area contributed by atoms with Crippen molar-refractivity contribution in [1.29, 1.82) is 0 Å². The number of nitrogens with one attached hydrogen (secondary N) is 1. The fourth-order valence-electron chi connectivity index (χ4n) is 1.41. The molecule has 0 aromatic heterocycles. The Morgan fingerprint density at radius 2 is 2.25 bits per heavy atom. The van der Waals surface area contributed by atoms with Gasteiger partial charge in [0.1, 0.15) is 0 Å². The van der Waals surface area contributed by atoms with E-state index in [1.807, 2.05) is 23.5 Å². The highest BCUT2D eigenvalue weighted by atomic mass is 32.2. The maximum atomic E-state index is 4.72. The third kappa shape index (κ3) is 4.21. The molecule has 94 valence electrons. The van der Waals surface area contributed by atoms with Crippen LogP contribution in [0.15, 0.2) is 4.99 Å². The summed E-state index contributed by atoms with van der Waals surface area (Å²) in [6, 6.07) is 0. The zero-order chi connectivity index (χ0) is 12.2. The van der Waals surface area contributed by atoms with Crippen LogP contribution >= 0.6 is 23.5 Å². The normalized spacial score (nSPS) is 29.2. The average Bonchev–Trinajstić information content (AvgIpc) is 2.27. The van der Waals surface area contributed by atoms with E-state index in [-0.39, 0.29) is 10.3 Å². The zero-order valence-electron chi connectivity index (χ0n) is 11.1. The summed E-state index contributed by atoms with van der Waals surface area (Å²) in [5.41, 5.74) is 0.258. The minimum atomic E-state index is 0.245. The van der Waals surface area contributed by atoms with Crippen LogP contribution in [0.25, 0.3) is 0 Å². The molecule has 0 aromatic rings. The van der Waals surface area contributed by atoms with Crippen molar-refractivity contribution in [2.75, 3.05) is 18.6 Å². The maximum Gasteiger partial charge on any atom is 0.157 e. The van der Waals surface area contributed by atoms with Crippen molar-refractivity contribution in [2.45, 2.75) is 50.8 Å². The van der Waals surface area contributed by atoms with Crippen LogP contribution in [0.2, 0.25) is 0 Å². The molecule has 1 N–H and O–H groups in total. The van der Waals surface area contributed by atoms with E-state index in [1.54, 1.807) is 0 Å². The van der Waals surface area contributed by atoms with Gasteiger partial charge in [-0.15, -0.1) is 0 Å². The molecular formula is C12H24N2S2. The molecule has 0 radical (unpaired) electrons. The summed E-state index contributed by atoms with van der Waals surface area (Å²) >= 11 is 3.74. The van der Waals surface area contributed by atoms with Crippen molar-refractivity contribution in [2.24, 2.45) is 4.99 Å². The van der Waals surface area contributed by atoms with E-state index in [2.05, 4.69) is 39.3 Å². The van der Waals surface area contributed by atoms with E-state index in [4.69, 9.17) is 4.99 Å². The lowest BCUT2D eigenvalue weighted by molar-refractivity contribution is 0.389. The van der Waals surface area contributed by atoms with Crippen LogP contribution in [0.4, 0.5) is 0 Å². The number of hydrogen-bond acceptors (Lipinski definition) is 3. The van der Waals surface area contributed by atoms with E-state index in [9.17, 15) is 0 Å². The molecule has 1 rings (SSSR count). The minimum Gasteiger partial charge on any atom is -0.360 e. The molecule has 1 unspecified atom stereocenters. The maximum absolute atomic E-state index is 4.72. The van der Waals surface area contributed by atoms with E-state index < -0.39 is 0 Å². The first-order chi connectivity index (χ1) is 7.41. The first-order valence-corrected chi connectivity index (χ1v) is 8.12. The van der Waals surface area contributed by atoms with Crippen molar-refractivity contribution >= 4 is 28.7 Å². The van der Waals surface area contributed by atoms with Crippen LogP contribution in [0, 0.1) is 0 Å². The summed E-state index contributed by atoms with van der Waals surface area (Å²) in [6.45, 7) is 9.92. The van der Waals surface area contributed by atoms with Gasteiger partial charge in [0.05, 0.1) is 6.54 Å². The second-order valence-electron chi connectivity index (χ2n) is 5.22. The Bertz CT molecular complexity index is 264. The zero-order valence-corrected chi connectivity index (χ0v) is 12.7. The lowest BCUT2D eigenvalue weighted by atomic mass is 9.96. The van der Waals surface area contributed by atoms with Crippen LogP contribution in [-0.2, 0) is 0 Å². The molecule has 1 aliphatic heterocycles. The number of nitrogens with zero attached hydrogens (tertiary/aromatic N) is 1. The van der Waals surface area contributed by atoms with E-state index >= 15 is 0 Å². The molecule has 0 spiro atoms. The van der Waals surface area contributed by atoms with Crippen LogP contribution in [0.3, 0.4) is 0 Å². The minimum absolute atomic E-state index is 0.245. The van der Waals surface area contributed by atoms with Crippen molar-refractivity contribution in [3.05, 3.63) is 0 Å². The van der Waals surface area contributed by atoms with Crippen LogP contribution in [0.1, 0.15) is 40.5 Å². The van der Waals surface area contributed by atoms with Crippen molar-refractivity contribution in [3.63, 3.8) is 0 Å². The number of hydrogen-bond donors (Lipinski definition) is 1. The van der Waals surface area contributed by atoms with Crippen LogP contribution < -0.4 is 5.32 Å². The summed E-state index contributed by atoms with van der Waals surface area (Å²) in [6.07, 6.45) is 4.55. The molecule has 4 heteroatoms. The highest BCUT2D eigenvalue weighted by Crippen LogP contribution is 2.26. The predicted octanol–water partition coefficient (Wildman–Crippen LogP) is 3.38. The molecule has 1 heterocycles. The Morgan fingerprint density at radius 1 is 1.56 bits per heavy atom. The fourth-order valence-corrected chi connectivity index (χ4v) is 2.82. The van der Waals surface area contributed by atoms with Gasteiger partial charge >= 0.3 is 0 Å². The first-order valence-electron chi connectivity index (χ1n) is 5.91. The molecule has 0 aliphatic carbocycles. The van der Waals surface area contributed by atoms with E-state index in [1.165, 1.54) is 18.6 Å². The van der Waals surface area contributed by atoms with E-state index in [0.717, 1.165) is 11.7 Å². The summed E-state index contributed by atoms with van der Waals surface area (Å²) in [7, 11) is 0. The number of aliphatic imine (C=N–C) groups is 1. The van der Waals surface area contributed by atoms with Crippen LogP contribution in [0.5, 0.6) is 0 Å². The lowest BCUT2D eigenvalue weighted by Crippen LogP contribution is -2.48. The fraction of sp³-hybridized carbons (Fsp3) is 0.917. The molecule has 1 aliphatic rings. The van der Waals surface area contributed by atoms with Crippen molar-refractivity contribution in [1.82, 2.24) is 5.32 Å². The van der Waals surface area contributed by atoms with Crippen LogP contribution in [-0.4, -0.2) is 34.0 Å². The summed E-state index contributed by atoms with van der Waals surface area (Å²) in [5.74, 6) is 1.19. The molecular weight excluding hydrogens is 236 g/mol. The Morgan fingerprint density at radius 3 is 2.81 bits per heavy atom. The van der Waals surface area contributed by atoms with Gasteiger partial charge in [0.15, 0.2) is 5.17 Å². The third-order valence-corrected chi connectivity index (χ3v) is 5.38. The van der Waals surface area contributed by atoms with Gasteiger partial charge < -0.3 is 5.32 Å². The summed E-state index contributed by atoms with van der Waals surface area (Å²) in [4.78, 5) is 4.72. The SMILES string of the molecule is CCC1(C)CCSC(=NCC(C)(C)SC)N1. The van der Waals surface area contributed by atoms with Gasteiger partial charge in [0, 0.05) is 16.0 Å². The highest BCUT2D eigenvalue weighted by Gasteiger charge is 2.27. The lowest BCUT2D eigenvalue weighted by Gasteiger charge is -2.35. The Balaban J connectivity index is 2.57. The van der Waals surface area contributed by atoms with Gasteiger partial charge in [0.2, 0.25) is 0 Å². The Kier molecular flexibility index (Phi) is 5.05. The molecule has 1 fully saturated rings. The van der Waals surface area contributed by atoms with Gasteiger partial charge in [-0.25, -0.2) is 0 Å². The Hall–Kier alpha value is 0.170. The largest absolute Gasteiger partial charge is 0.360 e. The smallest absolute Gasteiger partial charge is 0.157 e. The summed E-state index contributed by atoms with van der Waals surface area (Å²) < 4.78 is 0.245. The topological polar surface area (TPSA) is 24.4 Å².